The molecule has 0 aromatic heterocycles. The number of urea groups is 1. The molecule has 3 aromatic rings. The molecule has 6 nitrogen and oxygen atoms in total. The largest absolute Gasteiger partial charge is 0.573 e. The maximum absolute atomic E-state index is 13.8. The number of anilines is 1. The van der Waals surface area contributed by atoms with Crippen LogP contribution in [-0.2, 0) is 12.0 Å². The highest BCUT2D eigenvalue weighted by Gasteiger charge is 2.46. The Balaban J connectivity index is 1.34. The monoisotopic (exact) mass is 561 g/mol. The summed E-state index contributed by atoms with van der Waals surface area (Å²) in [5.41, 5.74) is 2.51. The van der Waals surface area contributed by atoms with Crippen molar-refractivity contribution in [2.45, 2.75) is 48.9 Å². The molecule has 0 unspecified atom stereocenters. The van der Waals surface area contributed by atoms with E-state index < -0.39 is 17.9 Å². The lowest BCUT2D eigenvalue weighted by Crippen LogP contribution is -2.41. The van der Waals surface area contributed by atoms with E-state index >= 15 is 0 Å². The Bertz CT molecular complexity index is 1340. The van der Waals surface area contributed by atoms with Crippen molar-refractivity contribution >= 4 is 23.7 Å². The topological polar surface area (TPSA) is 62.8 Å². The van der Waals surface area contributed by atoms with E-state index in [9.17, 15) is 22.4 Å². The molecule has 3 aromatic carbocycles. The van der Waals surface area contributed by atoms with Crippen LogP contribution in [0.5, 0.6) is 17.2 Å². The third-order valence-corrected chi connectivity index (χ3v) is 7.76. The summed E-state index contributed by atoms with van der Waals surface area (Å²) >= 11 is 1.51. The number of hydrogen-bond donors (Lipinski definition) is 2. The molecular formula is C28H27F4N3O3S. The van der Waals surface area contributed by atoms with Crippen molar-refractivity contribution in [3.05, 3.63) is 77.6 Å². The van der Waals surface area contributed by atoms with E-state index in [0.717, 1.165) is 59.5 Å². The van der Waals surface area contributed by atoms with Gasteiger partial charge in [-0.1, -0.05) is 25.0 Å². The number of amides is 2. The van der Waals surface area contributed by atoms with E-state index in [0.29, 0.717) is 18.8 Å². The van der Waals surface area contributed by atoms with Crippen LogP contribution in [0, 0.1) is 5.82 Å². The molecular weight excluding hydrogens is 534 g/mol. The molecule has 1 aliphatic heterocycles. The van der Waals surface area contributed by atoms with Crippen molar-refractivity contribution in [3.8, 4) is 17.2 Å². The average Bonchev–Trinajstić information content (AvgIpc) is 3.50. The van der Waals surface area contributed by atoms with Gasteiger partial charge in [-0.05, 0) is 85.4 Å². The lowest BCUT2D eigenvalue weighted by Gasteiger charge is -2.25. The van der Waals surface area contributed by atoms with E-state index in [1.807, 2.05) is 37.4 Å². The molecule has 39 heavy (non-hydrogen) atoms. The summed E-state index contributed by atoms with van der Waals surface area (Å²) in [6.07, 6.45) is -1.13. The lowest BCUT2D eigenvalue weighted by atomic mass is 9.81. The summed E-state index contributed by atoms with van der Waals surface area (Å²) in [6.45, 7) is 0.922. The van der Waals surface area contributed by atoms with Crippen molar-refractivity contribution in [1.82, 2.24) is 10.0 Å². The van der Waals surface area contributed by atoms with Crippen LogP contribution in [0.4, 0.5) is 28.0 Å². The molecule has 0 atom stereocenters. The summed E-state index contributed by atoms with van der Waals surface area (Å²) in [5, 5.41) is 3.02. The maximum Gasteiger partial charge on any atom is 0.573 e. The Morgan fingerprint density at radius 2 is 1.72 bits per heavy atom. The molecule has 0 saturated heterocycles. The zero-order valence-electron chi connectivity index (χ0n) is 21.1. The minimum Gasteiger partial charge on any atom is -0.457 e. The number of rotatable bonds is 7. The van der Waals surface area contributed by atoms with E-state index in [-0.39, 0.29) is 17.2 Å². The smallest absolute Gasteiger partial charge is 0.457 e. The van der Waals surface area contributed by atoms with Gasteiger partial charge in [0.1, 0.15) is 11.5 Å². The van der Waals surface area contributed by atoms with Gasteiger partial charge in [0.05, 0.1) is 0 Å². The van der Waals surface area contributed by atoms with Gasteiger partial charge in [0, 0.05) is 35.2 Å². The minimum atomic E-state index is -5.03. The van der Waals surface area contributed by atoms with E-state index in [2.05, 4.69) is 14.8 Å². The summed E-state index contributed by atoms with van der Waals surface area (Å²) in [7, 11) is 1.85. The number of hydrogen-bond acceptors (Lipinski definition) is 5. The highest BCUT2D eigenvalue weighted by Crippen LogP contribution is 2.51. The third-order valence-electron chi connectivity index (χ3n) is 7.05. The molecule has 1 saturated carbocycles. The van der Waals surface area contributed by atoms with Gasteiger partial charge in [0.2, 0.25) is 0 Å². The van der Waals surface area contributed by atoms with Crippen LogP contribution >= 0.6 is 11.9 Å². The number of ether oxygens (including phenoxy) is 2. The summed E-state index contributed by atoms with van der Waals surface area (Å²) in [4.78, 5) is 16.1. The second-order valence-corrected chi connectivity index (χ2v) is 10.7. The predicted octanol–water partition coefficient (Wildman–Crippen LogP) is 7.28. The van der Waals surface area contributed by atoms with Crippen LogP contribution < -0.4 is 24.4 Å². The van der Waals surface area contributed by atoms with Gasteiger partial charge in [0.15, 0.2) is 11.6 Å². The number of nitrogens with one attached hydrogen (secondary N) is 2. The highest BCUT2D eigenvalue weighted by molar-refractivity contribution is 7.97. The van der Waals surface area contributed by atoms with Gasteiger partial charge in [0.25, 0.3) is 0 Å². The first-order chi connectivity index (χ1) is 18.7. The first-order valence-corrected chi connectivity index (χ1v) is 13.3. The van der Waals surface area contributed by atoms with Gasteiger partial charge >= 0.3 is 12.4 Å². The Labute approximate surface area is 227 Å². The molecule has 0 radical (unpaired) electrons. The Kier molecular flexibility index (Phi) is 7.64. The van der Waals surface area contributed by atoms with Gasteiger partial charge in [-0.2, -0.15) is 0 Å². The second kappa shape index (κ2) is 11.0. The Hall–Kier alpha value is -3.44. The molecule has 0 bridgehead atoms. The van der Waals surface area contributed by atoms with Crippen LogP contribution in [0.3, 0.4) is 0 Å². The van der Waals surface area contributed by atoms with Crippen LogP contribution in [0.25, 0.3) is 0 Å². The van der Waals surface area contributed by atoms with Crippen LogP contribution in [0.1, 0.15) is 36.8 Å². The number of fused-ring (bicyclic) bond motifs is 2. The molecule has 2 amide bonds. The SMILES string of the molecule is CNSc1ccc(CNC(=O)N2CC3(CCCC3)c3cc(Oc4ccc(F)c(OC(F)(F)F)c4)ccc32)cc1. The van der Waals surface area contributed by atoms with Crippen LogP contribution in [0.15, 0.2) is 65.6 Å². The first kappa shape index (κ1) is 27.1. The fourth-order valence-electron chi connectivity index (χ4n) is 5.32. The number of carbonyl (C=O) groups excluding carboxylic acids is 1. The minimum absolute atomic E-state index is 0.00260. The van der Waals surface area contributed by atoms with Crippen LogP contribution in [0.2, 0.25) is 0 Å². The molecule has 5 rings (SSSR count). The molecule has 1 heterocycles. The number of alkyl halides is 3. The number of benzene rings is 3. The summed E-state index contributed by atoms with van der Waals surface area (Å²) in [6, 6.07) is 16.0. The summed E-state index contributed by atoms with van der Waals surface area (Å²) in [5.74, 6) is -1.73. The molecule has 11 heteroatoms. The summed E-state index contributed by atoms with van der Waals surface area (Å²) < 4.78 is 64.3. The molecule has 2 N–H and O–H groups in total. The van der Waals surface area contributed by atoms with Gasteiger partial charge in [-0.25, -0.2) is 9.18 Å². The van der Waals surface area contributed by atoms with Crippen LogP contribution in [-0.4, -0.2) is 26.0 Å². The van der Waals surface area contributed by atoms with E-state index in [4.69, 9.17) is 4.74 Å². The maximum atomic E-state index is 13.8. The van der Waals surface area contributed by atoms with Crippen molar-refractivity contribution in [2.75, 3.05) is 18.5 Å². The van der Waals surface area contributed by atoms with Crippen molar-refractivity contribution in [1.29, 1.82) is 0 Å². The zero-order valence-corrected chi connectivity index (χ0v) is 21.9. The number of nitrogens with zero attached hydrogens (tertiary/aromatic N) is 1. The Morgan fingerprint density at radius 3 is 2.41 bits per heavy atom. The number of halogens is 4. The highest BCUT2D eigenvalue weighted by atomic mass is 32.2. The zero-order chi connectivity index (χ0) is 27.6. The lowest BCUT2D eigenvalue weighted by molar-refractivity contribution is -0.275. The third kappa shape index (κ3) is 6.09. The fraction of sp³-hybridized carbons (Fsp3) is 0.321. The van der Waals surface area contributed by atoms with E-state index in [1.165, 1.54) is 18.0 Å². The normalized spacial score (nSPS) is 15.9. The fourth-order valence-corrected chi connectivity index (χ4v) is 5.83. The molecule has 1 fully saturated rings. The number of carbonyl (C=O) groups is 1. The van der Waals surface area contributed by atoms with Gasteiger partial charge in [-0.15, -0.1) is 13.2 Å². The molecule has 2 aliphatic rings. The predicted molar refractivity (Wildman–Crippen MR) is 141 cm³/mol. The van der Waals surface area contributed by atoms with E-state index in [1.54, 1.807) is 17.0 Å². The molecule has 1 aliphatic carbocycles. The van der Waals surface area contributed by atoms with Crippen molar-refractivity contribution < 1.29 is 31.8 Å². The average molecular weight is 562 g/mol. The molecule has 206 valence electrons. The first-order valence-electron chi connectivity index (χ1n) is 12.5. The molecule has 1 spiro atoms. The quantitative estimate of drug-likeness (QED) is 0.234. The van der Waals surface area contributed by atoms with Gasteiger partial charge < -0.3 is 14.8 Å². The Morgan fingerprint density at radius 1 is 1.03 bits per heavy atom. The van der Waals surface area contributed by atoms with Crippen molar-refractivity contribution in [3.63, 3.8) is 0 Å². The standard InChI is InChI=1S/C28H27F4N3O3S/c1-33-39-21-8-4-18(5-9-21)16-34-26(36)35-17-27(12-2-3-13-27)22-14-19(7-11-24(22)35)37-20-6-10-23(29)25(15-20)38-28(30,31)32/h4-11,14-15,33H,2-3,12-13,16-17H2,1H3,(H,34,36). The van der Waals surface area contributed by atoms with Gasteiger partial charge in [-0.3, -0.25) is 9.62 Å². The van der Waals surface area contributed by atoms with Crippen molar-refractivity contribution in [2.24, 2.45) is 0 Å². The second-order valence-electron chi connectivity index (χ2n) is 9.60.